The summed E-state index contributed by atoms with van der Waals surface area (Å²) in [5.41, 5.74) is 0. The molecule has 1 unspecified atom stereocenters. The van der Waals surface area contributed by atoms with Crippen LogP contribution in [0.1, 0.15) is 26.7 Å². The molecule has 2 saturated heterocycles. The highest BCUT2D eigenvalue weighted by Crippen LogP contribution is 2.46. The molecular formula is C12H21NO2S. The first kappa shape index (κ1) is 12.2. The van der Waals surface area contributed by atoms with Gasteiger partial charge in [-0.05, 0) is 12.3 Å². The van der Waals surface area contributed by atoms with Crippen molar-refractivity contribution >= 4 is 17.7 Å². The summed E-state index contributed by atoms with van der Waals surface area (Å²) in [6.07, 6.45) is 2.20. The summed E-state index contributed by atoms with van der Waals surface area (Å²) in [5.74, 6) is 1.87. The first-order valence-corrected chi connectivity index (χ1v) is 6.98. The minimum Gasteiger partial charge on any atom is -0.381 e. The monoisotopic (exact) mass is 243 g/mol. The van der Waals surface area contributed by atoms with Gasteiger partial charge in [0.2, 0.25) is 5.91 Å². The molecule has 0 aromatic carbocycles. The van der Waals surface area contributed by atoms with Gasteiger partial charge >= 0.3 is 0 Å². The molecule has 0 radical (unpaired) electrons. The summed E-state index contributed by atoms with van der Waals surface area (Å²) in [6.45, 7) is 6.06. The van der Waals surface area contributed by atoms with E-state index in [4.69, 9.17) is 4.74 Å². The first-order chi connectivity index (χ1) is 7.54. The quantitative estimate of drug-likeness (QED) is 0.756. The number of nitrogens with zero attached hydrogens (tertiary/aromatic N) is 1. The average Bonchev–Trinajstić information content (AvgIpc) is 2.58. The first-order valence-electron chi connectivity index (χ1n) is 5.99. The number of rotatable bonds is 3. The van der Waals surface area contributed by atoms with Crippen LogP contribution in [0.5, 0.6) is 0 Å². The van der Waals surface area contributed by atoms with Gasteiger partial charge in [0.1, 0.15) is 0 Å². The minimum absolute atomic E-state index is 0.321. The third-order valence-electron chi connectivity index (χ3n) is 3.40. The van der Waals surface area contributed by atoms with E-state index in [9.17, 15) is 4.79 Å². The van der Waals surface area contributed by atoms with Crippen molar-refractivity contribution in [2.24, 2.45) is 5.92 Å². The summed E-state index contributed by atoms with van der Waals surface area (Å²) in [4.78, 5) is 13.8. The topological polar surface area (TPSA) is 29.5 Å². The maximum absolute atomic E-state index is 11.8. The fourth-order valence-electron chi connectivity index (χ4n) is 2.48. The van der Waals surface area contributed by atoms with Crippen LogP contribution in [0.25, 0.3) is 0 Å². The Morgan fingerprint density at radius 2 is 2.25 bits per heavy atom. The highest BCUT2D eigenvalue weighted by Gasteiger charge is 2.50. The number of carbonyl (C=O) groups is 1. The molecule has 1 spiro atoms. The Balaban J connectivity index is 1.79. The van der Waals surface area contributed by atoms with Crippen LogP contribution in [0.3, 0.4) is 0 Å². The standard InChI is InChI=1S/C12H21NO2S/c1-9(2)4-11(14)13-7-12(8-13)5-10(15-3)6-16-12/h9-10H,4-8H2,1-3H3. The molecule has 2 rings (SSSR count). The van der Waals surface area contributed by atoms with Gasteiger partial charge in [0, 0.05) is 32.4 Å². The van der Waals surface area contributed by atoms with E-state index in [0.717, 1.165) is 25.3 Å². The van der Waals surface area contributed by atoms with Gasteiger partial charge in [0.15, 0.2) is 0 Å². The molecule has 2 fully saturated rings. The lowest BCUT2D eigenvalue weighted by molar-refractivity contribution is -0.137. The molecule has 0 aliphatic carbocycles. The SMILES string of the molecule is COC1CSC2(C1)CN(C(=O)CC(C)C)C2. The Hall–Kier alpha value is -0.220. The van der Waals surface area contributed by atoms with Crippen LogP contribution < -0.4 is 0 Å². The average molecular weight is 243 g/mol. The normalized spacial score (nSPS) is 27.5. The van der Waals surface area contributed by atoms with Crippen molar-refractivity contribution in [3.8, 4) is 0 Å². The number of amides is 1. The fraction of sp³-hybridized carbons (Fsp3) is 0.917. The van der Waals surface area contributed by atoms with Crippen molar-refractivity contribution in [2.75, 3.05) is 26.0 Å². The molecule has 3 nitrogen and oxygen atoms in total. The molecule has 1 atom stereocenters. The number of hydrogen-bond donors (Lipinski definition) is 0. The minimum atomic E-state index is 0.321. The highest BCUT2D eigenvalue weighted by molar-refractivity contribution is 8.01. The lowest BCUT2D eigenvalue weighted by Crippen LogP contribution is -2.60. The van der Waals surface area contributed by atoms with Crippen molar-refractivity contribution < 1.29 is 9.53 Å². The third kappa shape index (κ3) is 2.38. The summed E-state index contributed by atoms with van der Waals surface area (Å²) in [6, 6.07) is 0. The second-order valence-corrected chi connectivity index (χ2v) is 6.89. The molecule has 0 aromatic rings. The van der Waals surface area contributed by atoms with Crippen LogP contribution in [0.15, 0.2) is 0 Å². The van der Waals surface area contributed by atoms with Crippen molar-refractivity contribution in [1.29, 1.82) is 0 Å². The zero-order valence-electron chi connectivity index (χ0n) is 10.4. The number of methoxy groups -OCH3 is 1. The molecule has 92 valence electrons. The smallest absolute Gasteiger partial charge is 0.222 e. The Morgan fingerprint density at radius 3 is 2.75 bits per heavy atom. The number of carbonyl (C=O) groups excluding carboxylic acids is 1. The van der Waals surface area contributed by atoms with Crippen LogP contribution in [0, 0.1) is 5.92 Å². The van der Waals surface area contributed by atoms with E-state index in [0.29, 0.717) is 29.1 Å². The molecule has 2 aliphatic rings. The zero-order valence-corrected chi connectivity index (χ0v) is 11.2. The second-order valence-electron chi connectivity index (χ2n) is 5.40. The predicted octanol–water partition coefficient (Wildman–Crippen LogP) is 1.77. The molecule has 0 N–H and O–H groups in total. The van der Waals surface area contributed by atoms with Gasteiger partial charge in [0.05, 0.1) is 10.9 Å². The van der Waals surface area contributed by atoms with Crippen molar-refractivity contribution in [2.45, 2.75) is 37.5 Å². The van der Waals surface area contributed by atoms with Crippen molar-refractivity contribution in [3.63, 3.8) is 0 Å². The molecule has 0 bridgehead atoms. The molecule has 0 saturated carbocycles. The second kappa shape index (κ2) is 4.57. The number of ether oxygens (including phenoxy) is 1. The van der Waals surface area contributed by atoms with Crippen LogP contribution in [0.2, 0.25) is 0 Å². The molecule has 2 heterocycles. The Labute approximate surface area is 102 Å². The molecular weight excluding hydrogens is 222 g/mol. The van der Waals surface area contributed by atoms with Gasteiger partial charge in [-0.1, -0.05) is 13.8 Å². The van der Waals surface area contributed by atoms with E-state index < -0.39 is 0 Å². The Kier molecular flexibility index (Phi) is 3.50. The zero-order chi connectivity index (χ0) is 11.8. The van der Waals surface area contributed by atoms with Crippen molar-refractivity contribution in [1.82, 2.24) is 4.90 Å². The van der Waals surface area contributed by atoms with E-state index in [-0.39, 0.29) is 0 Å². The van der Waals surface area contributed by atoms with E-state index in [2.05, 4.69) is 13.8 Å². The molecule has 16 heavy (non-hydrogen) atoms. The van der Waals surface area contributed by atoms with Gasteiger partial charge in [-0.2, -0.15) is 0 Å². The van der Waals surface area contributed by atoms with Gasteiger partial charge in [-0.25, -0.2) is 0 Å². The highest BCUT2D eigenvalue weighted by atomic mass is 32.2. The predicted molar refractivity (Wildman–Crippen MR) is 66.6 cm³/mol. The number of likely N-dealkylation sites (tertiary alicyclic amines) is 1. The third-order valence-corrected chi connectivity index (χ3v) is 4.98. The van der Waals surface area contributed by atoms with Crippen LogP contribution in [0.4, 0.5) is 0 Å². The summed E-state index contributed by atoms with van der Waals surface area (Å²) >= 11 is 1.99. The summed E-state index contributed by atoms with van der Waals surface area (Å²) in [5, 5.41) is 0. The van der Waals surface area contributed by atoms with E-state index in [1.54, 1.807) is 7.11 Å². The summed E-state index contributed by atoms with van der Waals surface area (Å²) in [7, 11) is 1.78. The van der Waals surface area contributed by atoms with Gasteiger partial charge in [-0.15, -0.1) is 11.8 Å². The number of thioether (sulfide) groups is 1. The van der Waals surface area contributed by atoms with Crippen molar-refractivity contribution in [3.05, 3.63) is 0 Å². The van der Waals surface area contributed by atoms with E-state index >= 15 is 0 Å². The molecule has 4 heteroatoms. The molecule has 2 aliphatic heterocycles. The van der Waals surface area contributed by atoms with Crippen LogP contribution in [-0.2, 0) is 9.53 Å². The Bertz CT molecular complexity index is 274. The van der Waals surface area contributed by atoms with E-state index in [1.165, 1.54) is 0 Å². The van der Waals surface area contributed by atoms with Gasteiger partial charge in [0.25, 0.3) is 0 Å². The largest absolute Gasteiger partial charge is 0.381 e. The van der Waals surface area contributed by atoms with Gasteiger partial charge in [-0.3, -0.25) is 4.79 Å². The lowest BCUT2D eigenvalue weighted by atomic mass is 9.92. The fourth-order valence-corrected chi connectivity index (χ4v) is 4.07. The number of hydrogen-bond acceptors (Lipinski definition) is 3. The molecule has 0 aromatic heterocycles. The summed E-state index contributed by atoms with van der Waals surface area (Å²) < 4.78 is 5.70. The maximum Gasteiger partial charge on any atom is 0.222 e. The lowest BCUT2D eigenvalue weighted by Gasteiger charge is -2.47. The molecule has 1 amide bonds. The van der Waals surface area contributed by atoms with Crippen LogP contribution in [-0.4, -0.2) is 47.6 Å². The maximum atomic E-state index is 11.8. The van der Waals surface area contributed by atoms with Gasteiger partial charge < -0.3 is 9.64 Å². The van der Waals surface area contributed by atoms with E-state index in [1.807, 2.05) is 16.7 Å². The van der Waals surface area contributed by atoms with Crippen LogP contribution >= 0.6 is 11.8 Å². The Morgan fingerprint density at radius 1 is 1.56 bits per heavy atom.